The standard InChI is InChI=1S/C24H21N7O4/c1-2-20(32)30-10-7-15(13-30)21-18-6-9-27-24(25)31(18)22(29-21)17-4-3-16(12-28-17)35-19-11-14(23(33)34)5-8-26-19/h2-6,8-9,11-12,15H,1,7,10,13H2,(H2,25,27)(H,33,34). The van der Waals surface area contributed by atoms with Gasteiger partial charge in [0.25, 0.3) is 0 Å². The minimum atomic E-state index is -1.07. The molecule has 1 fully saturated rings. The number of rotatable bonds is 6. The number of anilines is 1. The van der Waals surface area contributed by atoms with Gasteiger partial charge in [-0.2, -0.15) is 0 Å². The summed E-state index contributed by atoms with van der Waals surface area (Å²) in [6.45, 7) is 4.74. The van der Waals surface area contributed by atoms with Gasteiger partial charge in [0.1, 0.15) is 11.4 Å². The highest BCUT2D eigenvalue weighted by Gasteiger charge is 2.30. The number of aromatic nitrogens is 5. The molecule has 35 heavy (non-hydrogen) atoms. The van der Waals surface area contributed by atoms with E-state index >= 15 is 0 Å². The van der Waals surface area contributed by atoms with E-state index in [0.29, 0.717) is 30.4 Å². The number of nitrogens with two attached hydrogens (primary N) is 1. The maximum absolute atomic E-state index is 12.0. The van der Waals surface area contributed by atoms with E-state index in [0.717, 1.165) is 17.6 Å². The molecule has 1 atom stereocenters. The molecule has 0 aliphatic carbocycles. The largest absolute Gasteiger partial charge is 0.478 e. The Balaban J connectivity index is 1.46. The van der Waals surface area contributed by atoms with Crippen LogP contribution in [0.4, 0.5) is 5.95 Å². The summed E-state index contributed by atoms with van der Waals surface area (Å²) in [5.41, 5.74) is 8.44. The van der Waals surface area contributed by atoms with Crippen LogP contribution >= 0.6 is 0 Å². The maximum atomic E-state index is 12.0. The fourth-order valence-corrected chi connectivity index (χ4v) is 4.16. The number of amides is 1. The van der Waals surface area contributed by atoms with Crippen molar-refractivity contribution in [3.63, 3.8) is 0 Å². The Bertz CT molecular complexity index is 1450. The van der Waals surface area contributed by atoms with Crippen LogP contribution in [0.2, 0.25) is 0 Å². The van der Waals surface area contributed by atoms with Gasteiger partial charge in [0, 0.05) is 37.5 Å². The van der Waals surface area contributed by atoms with E-state index in [4.69, 9.17) is 20.6 Å². The van der Waals surface area contributed by atoms with Gasteiger partial charge < -0.3 is 20.5 Å². The number of nitrogens with zero attached hydrogens (tertiary/aromatic N) is 6. The second-order valence-corrected chi connectivity index (χ2v) is 7.99. The third kappa shape index (κ3) is 4.14. The molecular formula is C24H21N7O4. The highest BCUT2D eigenvalue weighted by molar-refractivity contribution is 5.88. The number of fused-ring (bicyclic) bond motifs is 1. The Kier molecular flexibility index (Phi) is 5.57. The summed E-state index contributed by atoms with van der Waals surface area (Å²) >= 11 is 0. The zero-order valence-corrected chi connectivity index (χ0v) is 18.5. The number of aromatic carboxylic acids is 1. The van der Waals surface area contributed by atoms with E-state index in [1.165, 1.54) is 30.6 Å². The zero-order valence-electron chi connectivity index (χ0n) is 18.5. The molecular weight excluding hydrogens is 450 g/mol. The molecule has 1 aliphatic heterocycles. The number of carboxylic acid groups (broad SMARTS) is 1. The SMILES string of the molecule is C=CC(=O)N1CCC(c2nc(-c3ccc(Oc4cc(C(=O)O)ccn4)cn3)n3c(N)nccc23)C1. The van der Waals surface area contributed by atoms with Crippen molar-refractivity contribution in [3.8, 4) is 23.1 Å². The molecule has 0 aromatic carbocycles. The van der Waals surface area contributed by atoms with E-state index in [1.54, 1.807) is 27.6 Å². The van der Waals surface area contributed by atoms with E-state index < -0.39 is 5.97 Å². The molecule has 1 amide bonds. The second-order valence-electron chi connectivity index (χ2n) is 7.99. The van der Waals surface area contributed by atoms with Crippen molar-refractivity contribution in [3.05, 3.63) is 72.8 Å². The van der Waals surface area contributed by atoms with E-state index in [-0.39, 0.29) is 29.2 Å². The smallest absolute Gasteiger partial charge is 0.335 e. The van der Waals surface area contributed by atoms with Crippen LogP contribution in [0.1, 0.15) is 28.4 Å². The van der Waals surface area contributed by atoms with E-state index in [2.05, 4.69) is 21.5 Å². The van der Waals surface area contributed by atoms with Gasteiger partial charge in [-0.15, -0.1) is 0 Å². The van der Waals surface area contributed by atoms with Crippen LogP contribution in [-0.2, 0) is 4.79 Å². The minimum Gasteiger partial charge on any atom is -0.478 e. The number of nitrogen functional groups attached to an aromatic ring is 1. The summed E-state index contributed by atoms with van der Waals surface area (Å²) in [7, 11) is 0. The Morgan fingerprint density at radius 3 is 2.74 bits per heavy atom. The van der Waals surface area contributed by atoms with Crippen LogP contribution < -0.4 is 10.5 Å². The molecule has 0 saturated carbocycles. The van der Waals surface area contributed by atoms with Crippen molar-refractivity contribution in [1.82, 2.24) is 29.2 Å². The van der Waals surface area contributed by atoms with Crippen LogP contribution in [0.25, 0.3) is 17.0 Å². The average molecular weight is 471 g/mol. The van der Waals surface area contributed by atoms with E-state index in [9.17, 15) is 9.59 Å². The first kappa shape index (κ1) is 22.0. The monoisotopic (exact) mass is 471 g/mol. The molecule has 0 radical (unpaired) electrons. The summed E-state index contributed by atoms with van der Waals surface area (Å²) < 4.78 is 7.40. The Morgan fingerprint density at radius 2 is 2.00 bits per heavy atom. The molecule has 0 bridgehead atoms. The van der Waals surface area contributed by atoms with Crippen LogP contribution in [0, 0.1) is 0 Å². The number of carbonyl (C=O) groups is 2. The highest BCUT2D eigenvalue weighted by Crippen LogP contribution is 2.33. The molecule has 1 saturated heterocycles. The lowest BCUT2D eigenvalue weighted by atomic mass is 10.0. The lowest BCUT2D eigenvalue weighted by molar-refractivity contribution is -0.125. The number of hydrogen-bond acceptors (Lipinski definition) is 8. The molecule has 5 rings (SSSR count). The molecule has 176 valence electrons. The quantitative estimate of drug-likeness (QED) is 0.405. The van der Waals surface area contributed by atoms with Gasteiger partial charge in [-0.3, -0.25) is 9.20 Å². The third-order valence-electron chi connectivity index (χ3n) is 5.84. The Morgan fingerprint density at radius 1 is 1.17 bits per heavy atom. The summed E-state index contributed by atoms with van der Waals surface area (Å²) in [5.74, 6) is 0.180. The van der Waals surface area contributed by atoms with Gasteiger partial charge in [0.2, 0.25) is 17.7 Å². The van der Waals surface area contributed by atoms with Crippen molar-refractivity contribution < 1.29 is 19.4 Å². The predicted molar refractivity (Wildman–Crippen MR) is 126 cm³/mol. The summed E-state index contributed by atoms with van der Waals surface area (Å²) in [5, 5.41) is 9.14. The van der Waals surface area contributed by atoms with Crippen molar-refractivity contribution in [2.45, 2.75) is 12.3 Å². The van der Waals surface area contributed by atoms with Crippen LogP contribution in [0.3, 0.4) is 0 Å². The van der Waals surface area contributed by atoms with Crippen molar-refractivity contribution >= 4 is 23.3 Å². The minimum absolute atomic E-state index is 0.0413. The predicted octanol–water partition coefficient (Wildman–Crippen LogP) is 2.76. The number of likely N-dealkylation sites (tertiary alicyclic amines) is 1. The fourth-order valence-electron chi connectivity index (χ4n) is 4.16. The molecule has 11 heteroatoms. The maximum Gasteiger partial charge on any atom is 0.335 e. The van der Waals surface area contributed by atoms with Crippen molar-refractivity contribution in [2.75, 3.05) is 18.8 Å². The number of carboxylic acids is 1. The van der Waals surface area contributed by atoms with Gasteiger partial charge in [0.15, 0.2) is 5.82 Å². The van der Waals surface area contributed by atoms with Gasteiger partial charge in [-0.25, -0.2) is 24.7 Å². The molecule has 4 aromatic rings. The first-order chi connectivity index (χ1) is 16.9. The van der Waals surface area contributed by atoms with Crippen molar-refractivity contribution in [2.24, 2.45) is 0 Å². The molecule has 11 nitrogen and oxygen atoms in total. The molecule has 5 heterocycles. The molecule has 0 spiro atoms. The molecule has 4 aromatic heterocycles. The molecule has 3 N–H and O–H groups in total. The fraction of sp³-hybridized carbons (Fsp3) is 0.167. The summed E-state index contributed by atoms with van der Waals surface area (Å²) in [6, 6.07) is 7.97. The Hall–Kier alpha value is -4.80. The van der Waals surface area contributed by atoms with E-state index in [1.807, 2.05) is 6.07 Å². The number of hydrogen-bond donors (Lipinski definition) is 2. The summed E-state index contributed by atoms with van der Waals surface area (Å²) in [4.78, 5) is 42.5. The first-order valence-electron chi connectivity index (χ1n) is 10.8. The Labute approximate surface area is 199 Å². The average Bonchev–Trinajstić information content (AvgIpc) is 3.50. The number of pyridine rings is 2. The summed E-state index contributed by atoms with van der Waals surface area (Å²) in [6.07, 6.45) is 6.58. The van der Waals surface area contributed by atoms with Crippen molar-refractivity contribution in [1.29, 1.82) is 0 Å². The lowest BCUT2D eigenvalue weighted by Crippen LogP contribution is -2.26. The topological polar surface area (TPSA) is 149 Å². The highest BCUT2D eigenvalue weighted by atomic mass is 16.5. The zero-order chi connectivity index (χ0) is 24.5. The van der Waals surface area contributed by atoms with Crippen LogP contribution in [-0.4, -0.2) is 59.3 Å². The second kappa shape index (κ2) is 8.86. The van der Waals surface area contributed by atoms with Gasteiger partial charge in [-0.05, 0) is 36.8 Å². The van der Waals surface area contributed by atoms with Gasteiger partial charge in [-0.1, -0.05) is 6.58 Å². The third-order valence-corrected chi connectivity index (χ3v) is 5.84. The van der Waals surface area contributed by atoms with Gasteiger partial charge in [0.05, 0.1) is 23.0 Å². The van der Waals surface area contributed by atoms with Gasteiger partial charge >= 0.3 is 5.97 Å². The first-order valence-corrected chi connectivity index (χ1v) is 10.8. The van der Waals surface area contributed by atoms with Crippen LogP contribution in [0.5, 0.6) is 11.6 Å². The lowest BCUT2D eigenvalue weighted by Gasteiger charge is -2.13. The normalized spacial score (nSPS) is 15.3. The molecule has 1 unspecified atom stereocenters. The number of ether oxygens (including phenoxy) is 1. The molecule has 1 aliphatic rings. The number of imidazole rings is 1. The number of carbonyl (C=O) groups excluding carboxylic acids is 1. The van der Waals surface area contributed by atoms with Crippen LogP contribution in [0.15, 0.2) is 61.6 Å².